The van der Waals surface area contributed by atoms with Crippen molar-refractivity contribution in [2.24, 2.45) is 5.41 Å². The van der Waals surface area contributed by atoms with Crippen molar-refractivity contribution in [3.63, 3.8) is 0 Å². The Morgan fingerprint density at radius 2 is 1.72 bits per heavy atom. The molecule has 0 fully saturated rings. The minimum atomic E-state index is -0.752. The fourth-order valence-electron chi connectivity index (χ4n) is 2.29. The van der Waals surface area contributed by atoms with Crippen LogP contribution in [0.5, 0.6) is 5.75 Å². The maximum absolute atomic E-state index is 14.7. The highest BCUT2D eigenvalue weighted by atomic mass is 19.1. The molecule has 0 saturated heterocycles. The molecule has 0 aliphatic carbocycles. The zero-order valence-electron chi connectivity index (χ0n) is 14.8. The third kappa shape index (κ3) is 5.18. The molecule has 0 aliphatic rings. The number of rotatable bonds is 7. The second kappa shape index (κ2) is 8.47. The van der Waals surface area contributed by atoms with E-state index >= 15 is 0 Å². The van der Waals surface area contributed by atoms with E-state index in [1.165, 1.54) is 6.08 Å². The molecule has 0 N–H and O–H groups in total. The maximum atomic E-state index is 14.7. The topological polar surface area (TPSA) is 35.5 Å². The number of halogens is 1. The van der Waals surface area contributed by atoms with E-state index in [4.69, 9.17) is 9.47 Å². The normalized spacial score (nSPS) is 11.9. The molecule has 2 rings (SSSR count). The molecule has 0 spiro atoms. The van der Waals surface area contributed by atoms with E-state index in [2.05, 4.69) is 0 Å². The Kier molecular flexibility index (Phi) is 6.34. The molecule has 0 saturated carbocycles. The summed E-state index contributed by atoms with van der Waals surface area (Å²) in [5.74, 6) is -0.0674. The third-order valence-electron chi connectivity index (χ3n) is 4.04. The van der Waals surface area contributed by atoms with Crippen LogP contribution in [0, 0.1) is 5.41 Å². The number of para-hydroxylation sites is 1. The first-order chi connectivity index (χ1) is 11.9. The molecular weight excluding hydrogens is 319 g/mol. The molecule has 0 amide bonds. The van der Waals surface area contributed by atoms with Crippen LogP contribution in [0.3, 0.4) is 0 Å². The van der Waals surface area contributed by atoms with Gasteiger partial charge in [-0.25, -0.2) is 9.18 Å². The van der Waals surface area contributed by atoms with Crippen molar-refractivity contribution in [1.29, 1.82) is 0 Å². The van der Waals surface area contributed by atoms with Gasteiger partial charge in [0.2, 0.25) is 0 Å². The first-order valence-corrected chi connectivity index (χ1v) is 8.17. The van der Waals surface area contributed by atoms with Crippen LogP contribution in [0.2, 0.25) is 0 Å². The molecule has 2 aromatic rings. The number of ether oxygens (including phenoxy) is 2. The Bertz CT molecular complexity index is 736. The molecule has 2 aromatic carbocycles. The lowest BCUT2D eigenvalue weighted by Gasteiger charge is -2.22. The Morgan fingerprint density at radius 3 is 2.40 bits per heavy atom. The van der Waals surface area contributed by atoms with E-state index < -0.39 is 11.4 Å². The highest BCUT2D eigenvalue weighted by molar-refractivity contribution is 5.89. The van der Waals surface area contributed by atoms with Gasteiger partial charge in [0.05, 0.1) is 19.3 Å². The van der Waals surface area contributed by atoms with Crippen LogP contribution in [-0.4, -0.2) is 19.7 Å². The standard InChI is InChI=1S/C21H23FO3/c1-21(2,13-14-25-20(23)16-9-5-4-6-10-16)19(22)15-17-11-7-8-12-18(17)24-3/h4-12,15H,13-14H2,1-3H3/b19-15-. The Morgan fingerprint density at radius 1 is 1.08 bits per heavy atom. The van der Waals surface area contributed by atoms with E-state index in [0.717, 1.165) is 0 Å². The second-order valence-electron chi connectivity index (χ2n) is 6.37. The van der Waals surface area contributed by atoms with Crippen molar-refractivity contribution in [2.75, 3.05) is 13.7 Å². The summed E-state index contributed by atoms with van der Waals surface area (Å²) < 4.78 is 25.2. The fourth-order valence-corrected chi connectivity index (χ4v) is 2.29. The first-order valence-electron chi connectivity index (χ1n) is 8.17. The smallest absolute Gasteiger partial charge is 0.338 e. The Balaban J connectivity index is 1.98. The van der Waals surface area contributed by atoms with Gasteiger partial charge in [0.1, 0.15) is 11.6 Å². The molecule has 0 aromatic heterocycles. The van der Waals surface area contributed by atoms with Crippen molar-refractivity contribution in [3.05, 3.63) is 71.6 Å². The van der Waals surface area contributed by atoms with Crippen molar-refractivity contribution < 1.29 is 18.7 Å². The average Bonchev–Trinajstić information content (AvgIpc) is 2.62. The number of hydrogen-bond donors (Lipinski definition) is 0. The van der Waals surface area contributed by atoms with Crippen molar-refractivity contribution in [2.45, 2.75) is 20.3 Å². The molecule has 0 aliphatic heterocycles. The number of methoxy groups -OCH3 is 1. The third-order valence-corrected chi connectivity index (χ3v) is 4.04. The lowest BCUT2D eigenvalue weighted by Crippen LogP contribution is -2.17. The molecule has 4 heteroatoms. The van der Waals surface area contributed by atoms with E-state index in [-0.39, 0.29) is 12.4 Å². The predicted octanol–water partition coefficient (Wildman–Crippen LogP) is 5.28. The van der Waals surface area contributed by atoms with Gasteiger partial charge in [-0.1, -0.05) is 50.2 Å². The molecule has 0 radical (unpaired) electrons. The van der Waals surface area contributed by atoms with Gasteiger partial charge >= 0.3 is 5.97 Å². The van der Waals surface area contributed by atoms with Crippen LogP contribution in [0.4, 0.5) is 4.39 Å². The lowest BCUT2D eigenvalue weighted by molar-refractivity contribution is 0.0463. The molecule has 0 heterocycles. The summed E-state index contributed by atoms with van der Waals surface area (Å²) in [5.41, 5.74) is 0.417. The number of benzene rings is 2. The summed E-state index contributed by atoms with van der Waals surface area (Å²) in [5, 5.41) is 0. The molecular formula is C21H23FO3. The van der Waals surface area contributed by atoms with E-state index in [1.54, 1.807) is 57.4 Å². The average molecular weight is 342 g/mol. The van der Waals surface area contributed by atoms with Crippen LogP contribution in [0.25, 0.3) is 6.08 Å². The van der Waals surface area contributed by atoms with Crippen LogP contribution >= 0.6 is 0 Å². The summed E-state index contributed by atoms with van der Waals surface area (Å²) in [6, 6.07) is 16.0. The van der Waals surface area contributed by atoms with E-state index in [9.17, 15) is 9.18 Å². The number of carbonyl (C=O) groups excluding carboxylic acids is 1. The van der Waals surface area contributed by atoms with Crippen LogP contribution in [0.15, 0.2) is 60.4 Å². The monoisotopic (exact) mass is 342 g/mol. The molecule has 0 atom stereocenters. The second-order valence-corrected chi connectivity index (χ2v) is 6.37. The van der Waals surface area contributed by atoms with E-state index in [0.29, 0.717) is 23.3 Å². The van der Waals surface area contributed by atoms with Crippen LogP contribution < -0.4 is 4.74 Å². The highest BCUT2D eigenvalue weighted by Crippen LogP contribution is 2.34. The lowest BCUT2D eigenvalue weighted by atomic mass is 9.87. The van der Waals surface area contributed by atoms with Crippen molar-refractivity contribution in [1.82, 2.24) is 0 Å². The molecule has 0 unspecified atom stereocenters. The first kappa shape index (κ1) is 18.7. The summed E-state index contributed by atoms with van der Waals surface area (Å²) in [6.07, 6.45) is 1.85. The molecule has 3 nitrogen and oxygen atoms in total. The minimum Gasteiger partial charge on any atom is -0.496 e. The largest absolute Gasteiger partial charge is 0.496 e. The van der Waals surface area contributed by atoms with E-state index in [1.807, 2.05) is 18.2 Å². The highest BCUT2D eigenvalue weighted by Gasteiger charge is 2.25. The summed E-state index contributed by atoms with van der Waals surface area (Å²) in [7, 11) is 1.55. The van der Waals surface area contributed by atoms with Crippen LogP contribution in [-0.2, 0) is 4.74 Å². The minimum absolute atomic E-state index is 0.147. The van der Waals surface area contributed by atoms with Crippen LogP contribution in [0.1, 0.15) is 36.2 Å². The number of carbonyl (C=O) groups is 1. The van der Waals surface area contributed by atoms with Gasteiger partial charge < -0.3 is 9.47 Å². The van der Waals surface area contributed by atoms with Crippen molar-refractivity contribution in [3.8, 4) is 5.75 Å². The quantitative estimate of drug-likeness (QED) is 0.642. The summed E-state index contributed by atoms with van der Waals surface area (Å²) >= 11 is 0. The fraction of sp³-hybridized carbons (Fsp3) is 0.286. The number of hydrogen-bond acceptors (Lipinski definition) is 3. The Hall–Kier alpha value is -2.62. The van der Waals surface area contributed by atoms with Gasteiger partial charge in [0.15, 0.2) is 0 Å². The van der Waals surface area contributed by atoms with Gasteiger partial charge in [-0.3, -0.25) is 0 Å². The number of allylic oxidation sites excluding steroid dienone is 1. The summed E-state index contributed by atoms with van der Waals surface area (Å²) in [4.78, 5) is 11.9. The zero-order valence-corrected chi connectivity index (χ0v) is 14.8. The molecule has 25 heavy (non-hydrogen) atoms. The van der Waals surface area contributed by atoms with Gasteiger partial charge in [-0.2, -0.15) is 0 Å². The zero-order chi connectivity index (χ0) is 18.3. The Labute approximate surface area is 148 Å². The predicted molar refractivity (Wildman–Crippen MR) is 97.2 cm³/mol. The van der Waals surface area contributed by atoms with Gasteiger partial charge in [0, 0.05) is 11.0 Å². The molecule has 132 valence electrons. The molecule has 0 bridgehead atoms. The maximum Gasteiger partial charge on any atom is 0.338 e. The SMILES string of the molecule is COc1ccccc1/C=C(\F)C(C)(C)CCOC(=O)c1ccccc1. The van der Waals surface area contributed by atoms with Gasteiger partial charge in [0.25, 0.3) is 0 Å². The van der Waals surface area contributed by atoms with Gasteiger partial charge in [-0.15, -0.1) is 0 Å². The summed E-state index contributed by atoms with van der Waals surface area (Å²) in [6.45, 7) is 3.71. The van der Waals surface area contributed by atoms with Crippen molar-refractivity contribution >= 4 is 12.0 Å². The van der Waals surface area contributed by atoms with Gasteiger partial charge in [-0.05, 0) is 30.7 Å². The number of esters is 1.